The molecule has 2 nitrogen and oxygen atoms in total. The van der Waals surface area contributed by atoms with Crippen molar-refractivity contribution in [2.45, 2.75) is 12.8 Å². The number of halogens is 2. The minimum Gasteiger partial charge on any atom is -0.337 e. The fourth-order valence-corrected chi connectivity index (χ4v) is 3.92. The highest BCUT2D eigenvalue weighted by atomic mass is 35.5. The maximum Gasteiger partial charge on any atom is 0.123 e. The summed E-state index contributed by atoms with van der Waals surface area (Å²) in [4.78, 5) is 2.25. The van der Waals surface area contributed by atoms with Crippen molar-refractivity contribution >= 4 is 29.1 Å². The van der Waals surface area contributed by atoms with Crippen LogP contribution in [0.25, 0.3) is 6.08 Å². The molecule has 1 saturated heterocycles. The predicted molar refractivity (Wildman–Crippen MR) is 98.4 cm³/mol. The van der Waals surface area contributed by atoms with Crippen LogP contribution in [0.1, 0.15) is 18.4 Å². The third-order valence-electron chi connectivity index (χ3n) is 4.99. The van der Waals surface area contributed by atoms with Crippen molar-refractivity contribution in [1.82, 2.24) is 5.32 Å². The van der Waals surface area contributed by atoms with Gasteiger partial charge in [-0.3, -0.25) is 0 Å². The molecule has 2 aromatic carbocycles. The van der Waals surface area contributed by atoms with Crippen LogP contribution in [-0.4, -0.2) is 19.6 Å². The van der Waals surface area contributed by atoms with Gasteiger partial charge >= 0.3 is 0 Å². The maximum absolute atomic E-state index is 13.3. The molecule has 0 aromatic heterocycles. The molecule has 0 radical (unpaired) electrons. The van der Waals surface area contributed by atoms with E-state index in [1.807, 2.05) is 24.3 Å². The summed E-state index contributed by atoms with van der Waals surface area (Å²) in [6.07, 6.45) is 4.58. The standard InChI is InChI=1S/C20H20ClFN2/c21-19-2-1-3-20-18(19)12-15(14-8-10-23-11-9-14)13-24(20)17-6-4-16(22)5-7-17/h1-7,12,14,23H,8-11,13H2. The number of piperidine rings is 1. The minimum absolute atomic E-state index is 0.212. The van der Waals surface area contributed by atoms with E-state index >= 15 is 0 Å². The lowest BCUT2D eigenvalue weighted by Gasteiger charge is -2.36. The van der Waals surface area contributed by atoms with Gasteiger partial charge in [0.2, 0.25) is 0 Å². The van der Waals surface area contributed by atoms with E-state index in [0.29, 0.717) is 5.92 Å². The van der Waals surface area contributed by atoms with E-state index in [-0.39, 0.29) is 5.82 Å². The van der Waals surface area contributed by atoms with Crippen molar-refractivity contribution in [2.24, 2.45) is 5.92 Å². The van der Waals surface area contributed by atoms with Crippen molar-refractivity contribution in [1.29, 1.82) is 0 Å². The fourth-order valence-electron chi connectivity index (χ4n) is 3.69. The van der Waals surface area contributed by atoms with Crippen LogP contribution in [0.15, 0.2) is 48.0 Å². The first kappa shape index (κ1) is 15.7. The third-order valence-corrected chi connectivity index (χ3v) is 5.32. The van der Waals surface area contributed by atoms with E-state index in [0.717, 1.165) is 54.4 Å². The summed E-state index contributed by atoms with van der Waals surface area (Å²) in [6, 6.07) is 12.7. The second kappa shape index (κ2) is 6.58. The first-order valence-corrected chi connectivity index (χ1v) is 8.83. The number of nitrogens with zero attached hydrogens (tertiary/aromatic N) is 1. The number of rotatable bonds is 2. The Hall–Kier alpha value is -1.84. The normalized spacial score (nSPS) is 18.2. The minimum atomic E-state index is -0.212. The highest BCUT2D eigenvalue weighted by Crippen LogP contribution is 2.40. The zero-order valence-corrected chi connectivity index (χ0v) is 14.2. The smallest absolute Gasteiger partial charge is 0.123 e. The van der Waals surface area contributed by atoms with Crippen LogP contribution in [0.5, 0.6) is 0 Å². The lowest BCUT2D eigenvalue weighted by atomic mass is 9.86. The lowest BCUT2D eigenvalue weighted by Crippen LogP contribution is -2.33. The molecule has 0 bridgehead atoms. The van der Waals surface area contributed by atoms with Crippen LogP contribution in [0, 0.1) is 11.7 Å². The molecule has 2 heterocycles. The second-order valence-electron chi connectivity index (χ2n) is 6.48. The molecular weight excluding hydrogens is 323 g/mol. The molecule has 1 fully saturated rings. The Labute approximate surface area is 146 Å². The van der Waals surface area contributed by atoms with Gasteiger partial charge in [-0.1, -0.05) is 23.7 Å². The summed E-state index contributed by atoms with van der Waals surface area (Å²) in [5.74, 6) is 0.370. The Kier molecular flexibility index (Phi) is 4.30. The fraction of sp³-hybridized carbons (Fsp3) is 0.300. The van der Waals surface area contributed by atoms with Crippen LogP contribution in [-0.2, 0) is 0 Å². The topological polar surface area (TPSA) is 15.3 Å². The molecule has 0 aliphatic carbocycles. The summed E-state index contributed by atoms with van der Waals surface area (Å²) in [6.45, 7) is 2.96. The first-order valence-electron chi connectivity index (χ1n) is 8.45. The van der Waals surface area contributed by atoms with Crippen molar-refractivity contribution < 1.29 is 4.39 Å². The monoisotopic (exact) mass is 342 g/mol. The van der Waals surface area contributed by atoms with Gasteiger partial charge in [-0.15, -0.1) is 0 Å². The molecule has 0 saturated carbocycles. The van der Waals surface area contributed by atoms with Gasteiger partial charge in [0, 0.05) is 22.8 Å². The van der Waals surface area contributed by atoms with E-state index in [2.05, 4.69) is 22.4 Å². The number of fused-ring (bicyclic) bond motifs is 1. The average Bonchev–Trinajstić information content (AvgIpc) is 2.63. The van der Waals surface area contributed by atoms with Crippen LogP contribution in [0.4, 0.5) is 15.8 Å². The molecule has 4 rings (SSSR count). The summed E-state index contributed by atoms with van der Waals surface area (Å²) >= 11 is 6.48. The van der Waals surface area contributed by atoms with Crippen molar-refractivity contribution in [3.8, 4) is 0 Å². The van der Waals surface area contributed by atoms with Crippen LogP contribution in [0.2, 0.25) is 5.02 Å². The number of hydrogen-bond donors (Lipinski definition) is 1. The molecule has 0 unspecified atom stereocenters. The first-order chi connectivity index (χ1) is 11.7. The molecular formula is C20H20ClFN2. The van der Waals surface area contributed by atoms with Gasteiger partial charge in [0.15, 0.2) is 0 Å². The number of nitrogens with one attached hydrogen (secondary N) is 1. The number of hydrogen-bond acceptors (Lipinski definition) is 2. The summed E-state index contributed by atoms with van der Waals surface area (Å²) in [5, 5.41) is 4.19. The zero-order valence-electron chi connectivity index (χ0n) is 13.4. The summed E-state index contributed by atoms with van der Waals surface area (Å²) in [7, 11) is 0. The largest absolute Gasteiger partial charge is 0.337 e. The predicted octanol–water partition coefficient (Wildman–Crippen LogP) is 5.01. The summed E-state index contributed by atoms with van der Waals surface area (Å²) in [5.41, 5.74) is 4.58. The maximum atomic E-state index is 13.3. The second-order valence-corrected chi connectivity index (χ2v) is 6.89. The van der Waals surface area contributed by atoms with Crippen LogP contribution in [0.3, 0.4) is 0 Å². The van der Waals surface area contributed by atoms with E-state index in [1.54, 1.807) is 0 Å². The van der Waals surface area contributed by atoms with Gasteiger partial charge < -0.3 is 10.2 Å². The van der Waals surface area contributed by atoms with E-state index in [4.69, 9.17) is 11.6 Å². The molecule has 124 valence electrons. The number of benzene rings is 2. The van der Waals surface area contributed by atoms with Crippen LogP contribution >= 0.6 is 11.6 Å². The molecule has 0 spiro atoms. The third kappa shape index (κ3) is 2.94. The Morgan fingerprint density at radius 3 is 2.54 bits per heavy atom. The Morgan fingerprint density at radius 1 is 1.04 bits per heavy atom. The molecule has 2 aliphatic rings. The zero-order chi connectivity index (χ0) is 16.5. The molecule has 4 heteroatoms. The SMILES string of the molecule is Fc1ccc(N2CC(C3CCNCC3)=Cc3c(Cl)cccc32)cc1. The van der Waals surface area contributed by atoms with Gasteiger partial charge in [0.25, 0.3) is 0 Å². The molecule has 0 atom stereocenters. The van der Waals surface area contributed by atoms with Gasteiger partial charge in [0.05, 0.1) is 5.69 Å². The van der Waals surface area contributed by atoms with Gasteiger partial charge in [-0.25, -0.2) is 4.39 Å². The Morgan fingerprint density at radius 2 is 1.79 bits per heavy atom. The Bertz CT molecular complexity index is 764. The van der Waals surface area contributed by atoms with E-state index in [9.17, 15) is 4.39 Å². The van der Waals surface area contributed by atoms with Gasteiger partial charge in [0.1, 0.15) is 5.82 Å². The quantitative estimate of drug-likeness (QED) is 0.825. The molecule has 24 heavy (non-hydrogen) atoms. The average molecular weight is 343 g/mol. The number of anilines is 2. The van der Waals surface area contributed by atoms with Crippen molar-refractivity contribution in [3.63, 3.8) is 0 Å². The molecule has 2 aliphatic heterocycles. The Balaban J connectivity index is 1.77. The van der Waals surface area contributed by atoms with Gasteiger partial charge in [-0.05, 0) is 73.8 Å². The van der Waals surface area contributed by atoms with E-state index in [1.165, 1.54) is 17.7 Å². The molecule has 0 amide bonds. The molecule has 1 N–H and O–H groups in total. The lowest BCUT2D eigenvalue weighted by molar-refractivity contribution is 0.417. The molecule has 2 aromatic rings. The van der Waals surface area contributed by atoms with Crippen molar-refractivity contribution in [2.75, 3.05) is 24.5 Å². The highest BCUT2D eigenvalue weighted by molar-refractivity contribution is 6.32. The summed E-state index contributed by atoms with van der Waals surface area (Å²) < 4.78 is 13.3. The van der Waals surface area contributed by atoms with E-state index < -0.39 is 0 Å². The van der Waals surface area contributed by atoms with Crippen molar-refractivity contribution in [3.05, 3.63) is 64.4 Å². The van der Waals surface area contributed by atoms with Crippen LogP contribution < -0.4 is 10.2 Å². The highest BCUT2D eigenvalue weighted by Gasteiger charge is 2.26. The van der Waals surface area contributed by atoms with Gasteiger partial charge in [-0.2, -0.15) is 0 Å².